The van der Waals surface area contributed by atoms with E-state index in [1.54, 1.807) is 12.1 Å². The summed E-state index contributed by atoms with van der Waals surface area (Å²) in [6.07, 6.45) is 10.2. The van der Waals surface area contributed by atoms with Crippen LogP contribution in [-0.4, -0.2) is 51.2 Å². The molecule has 1 heterocycles. The predicted molar refractivity (Wildman–Crippen MR) is 193 cm³/mol. The third-order valence-electron chi connectivity index (χ3n) is 9.91. The Morgan fingerprint density at radius 2 is 1.56 bits per heavy atom. The molecular weight excluding hydrogens is 615 g/mol. The van der Waals surface area contributed by atoms with Gasteiger partial charge in [0.2, 0.25) is 0 Å². The lowest BCUT2D eigenvalue weighted by Crippen LogP contribution is -2.38. The van der Waals surface area contributed by atoms with Gasteiger partial charge in [-0.25, -0.2) is 8.42 Å². The Morgan fingerprint density at radius 3 is 2.27 bits per heavy atom. The minimum absolute atomic E-state index is 0.0866. The summed E-state index contributed by atoms with van der Waals surface area (Å²) in [7, 11) is -3.20. The maximum absolute atomic E-state index is 13.9. The van der Waals surface area contributed by atoms with Crippen molar-refractivity contribution in [3.63, 3.8) is 0 Å². The number of benzene rings is 4. The lowest BCUT2D eigenvalue weighted by atomic mass is 9.83. The fourth-order valence-electron chi connectivity index (χ4n) is 7.04. The number of nitrogens with one attached hydrogen (secondary N) is 1. The van der Waals surface area contributed by atoms with Gasteiger partial charge in [-0.05, 0) is 121 Å². The van der Waals surface area contributed by atoms with E-state index in [0.717, 1.165) is 92.4 Å². The summed E-state index contributed by atoms with van der Waals surface area (Å²) >= 11 is 0. The third-order valence-corrected chi connectivity index (χ3v) is 11.0. The van der Waals surface area contributed by atoms with Crippen LogP contribution in [0.25, 0.3) is 22.8 Å². The smallest absolute Gasteiger partial charge is 0.252 e. The summed E-state index contributed by atoms with van der Waals surface area (Å²) in [6.45, 7) is 2.99. The number of rotatable bonds is 9. The zero-order valence-electron chi connectivity index (χ0n) is 27.6. The van der Waals surface area contributed by atoms with Crippen molar-refractivity contribution in [1.82, 2.24) is 10.2 Å². The molecule has 6 nitrogen and oxygen atoms in total. The third kappa shape index (κ3) is 8.49. The number of sulfone groups is 1. The molecule has 0 spiro atoms. The summed E-state index contributed by atoms with van der Waals surface area (Å²) in [4.78, 5) is 16.8. The highest BCUT2D eigenvalue weighted by molar-refractivity contribution is 7.90. The Kier molecular flexibility index (Phi) is 10.5. The van der Waals surface area contributed by atoms with E-state index in [0.29, 0.717) is 21.9 Å². The molecule has 1 fully saturated rings. The fraction of sp³-hybridized carbons (Fsp3) is 0.317. The highest BCUT2D eigenvalue weighted by Crippen LogP contribution is 2.30. The van der Waals surface area contributed by atoms with E-state index in [2.05, 4.69) is 40.6 Å². The molecule has 0 atom stereocenters. The van der Waals surface area contributed by atoms with Crippen molar-refractivity contribution in [3.05, 3.63) is 125 Å². The Balaban J connectivity index is 1.05. The van der Waals surface area contributed by atoms with E-state index in [9.17, 15) is 18.5 Å². The standard InChI is InChI=1S/C41H43N3O3S/c1-48(46,47)39-19-16-35-21-24-44(25-22-37(35)28-39)23-20-30-10-17-38(18-11-30)43-41(45)40(27-31-6-5-7-32(26-31)29-42)36-14-12-34(13-15-36)33-8-3-2-4-9-33/h2-9,12-16,19,26-28,30,38H,10-11,17-18,20-25H2,1H3,(H,43,45)/b40-27+. The van der Waals surface area contributed by atoms with Gasteiger partial charge in [-0.15, -0.1) is 0 Å². The van der Waals surface area contributed by atoms with E-state index >= 15 is 0 Å². The van der Waals surface area contributed by atoms with Crippen LogP contribution in [-0.2, 0) is 27.5 Å². The Morgan fingerprint density at radius 1 is 0.854 bits per heavy atom. The predicted octanol–water partition coefficient (Wildman–Crippen LogP) is 7.34. The van der Waals surface area contributed by atoms with Gasteiger partial charge in [0, 0.05) is 31.0 Å². The van der Waals surface area contributed by atoms with Gasteiger partial charge in [0.15, 0.2) is 9.84 Å². The molecule has 0 saturated heterocycles. The molecule has 7 heteroatoms. The molecule has 1 amide bonds. The molecule has 246 valence electrons. The SMILES string of the molecule is CS(=O)(=O)c1ccc2c(c1)CCN(CCC1CCC(NC(=O)/C(=C/c3cccc(C#N)c3)c3ccc(-c4ccccc4)cc3)CC1)CC2. The van der Waals surface area contributed by atoms with Gasteiger partial charge in [0.25, 0.3) is 5.91 Å². The lowest BCUT2D eigenvalue weighted by molar-refractivity contribution is -0.116. The van der Waals surface area contributed by atoms with Gasteiger partial charge in [0.05, 0.1) is 16.5 Å². The van der Waals surface area contributed by atoms with Crippen molar-refractivity contribution in [1.29, 1.82) is 5.26 Å². The first-order valence-electron chi connectivity index (χ1n) is 17.0. The maximum atomic E-state index is 13.9. The van der Waals surface area contributed by atoms with Crippen LogP contribution in [0.5, 0.6) is 0 Å². The van der Waals surface area contributed by atoms with Gasteiger partial charge in [-0.3, -0.25) is 4.79 Å². The normalized spacial score (nSPS) is 18.7. The summed E-state index contributed by atoms with van der Waals surface area (Å²) in [5.74, 6) is 0.548. The maximum Gasteiger partial charge on any atom is 0.252 e. The van der Waals surface area contributed by atoms with Crippen molar-refractivity contribution in [3.8, 4) is 17.2 Å². The Bertz CT molecular complexity index is 1920. The van der Waals surface area contributed by atoms with Crippen LogP contribution in [0.4, 0.5) is 0 Å². The van der Waals surface area contributed by atoms with Gasteiger partial charge in [0.1, 0.15) is 0 Å². The van der Waals surface area contributed by atoms with Gasteiger partial charge >= 0.3 is 0 Å². The average Bonchev–Trinajstić information content (AvgIpc) is 3.32. The average molecular weight is 658 g/mol. The Labute approximate surface area is 285 Å². The van der Waals surface area contributed by atoms with Crippen molar-refractivity contribution >= 4 is 27.4 Å². The molecular formula is C41H43N3O3S. The second-order valence-electron chi connectivity index (χ2n) is 13.3. The summed E-state index contributed by atoms with van der Waals surface area (Å²) in [6, 6.07) is 33.6. The number of nitriles is 1. The number of carbonyl (C=O) groups is 1. The van der Waals surface area contributed by atoms with E-state index in [-0.39, 0.29) is 11.9 Å². The van der Waals surface area contributed by atoms with Crippen LogP contribution >= 0.6 is 0 Å². The van der Waals surface area contributed by atoms with Crippen LogP contribution in [0.1, 0.15) is 59.9 Å². The quantitative estimate of drug-likeness (QED) is 0.150. The minimum Gasteiger partial charge on any atom is -0.349 e. The molecule has 4 aromatic carbocycles. The van der Waals surface area contributed by atoms with E-state index in [1.165, 1.54) is 11.8 Å². The van der Waals surface area contributed by atoms with Crippen molar-refractivity contribution in [2.45, 2.75) is 55.9 Å². The molecule has 1 aliphatic heterocycles. The van der Waals surface area contributed by atoms with Gasteiger partial charge in [-0.1, -0.05) is 72.8 Å². The van der Waals surface area contributed by atoms with Crippen molar-refractivity contribution in [2.24, 2.45) is 5.92 Å². The summed E-state index contributed by atoms with van der Waals surface area (Å²) in [5, 5.41) is 12.8. The largest absolute Gasteiger partial charge is 0.349 e. The molecule has 0 aromatic heterocycles. The second kappa shape index (κ2) is 15.1. The molecule has 1 N–H and O–H groups in total. The molecule has 2 aliphatic rings. The number of amides is 1. The molecule has 0 radical (unpaired) electrons. The molecule has 48 heavy (non-hydrogen) atoms. The van der Waals surface area contributed by atoms with Crippen LogP contribution in [0.3, 0.4) is 0 Å². The highest BCUT2D eigenvalue weighted by Gasteiger charge is 2.25. The monoisotopic (exact) mass is 657 g/mol. The minimum atomic E-state index is -3.20. The van der Waals surface area contributed by atoms with Gasteiger partial charge in [-0.2, -0.15) is 5.26 Å². The number of hydrogen-bond acceptors (Lipinski definition) is 5. The van der Waals surface area contributed by atoms with E-state index < -0.39 is 9.84 Å². The zero-order valence-corrected chi connectivity index (χ0v) is 28.4. The number of fused-ring (bicyclic) bond motifs is 1. The molecule has 1 saturated carbocycles. The lowest BCUT2D eigenvalue weighted by Gasteiger charge is -2.31. The van der Waals surface area contributed by atoms with Crippen LogP contribution < -0.4 is 5.32 Å². The van der Waals surface area contributed by atoms with E-state index in [1.807, 2.05) is 66.7 Å². The number of carbonyl (C=O) groups excluding carboxylic acids is 1. The van der Waals surface area contributed by atoms with Crippen molar-refractivity contribution in [2.75, 3.05) is 25.9 Å². The zero-order chi connectivity index (χ0) is 33.5. The molecule has 0 bridgehead atoms. The second-order valence-corrected chi connectivity index (χ2v) is 15.3. The van der Waals surface area contributed by atoms with Crippen LogP contribution in [0.2, 0.25) is 0 Å². The Hall–Kier alpha value is -4.51. The van der Waals surface area contributed by atoms with Crippen LogP contribution in [0.15, 0.2) is 102 Å². The first-order chi connectivity index (χ1) is 23.2. The topological polar surface area (TPSA) is 90.3 Å². The fourth-order valence-corrected chi connectivity index (χ4v) is 7.71. The van der Waals surface area contributed by atoms with Gasteiger partial charge < -0.3 is 10.2 Å². The van der Waals surface area contributed by atoms with E-state index in [4.69, 9.17) is 0 Å². The molecule has 6 rings (SSSR count). The molecule has 1 aliphatic carbocycles. The van der Waals surface area contributed by atoms with Crippen molar-refractivity contribution < 1.29 is 13.2 Å². The summed E-state index contributed by atoms with van der Waals surface area (Å²) in [5.41, 5.74) is 7.47. The molecule has 4 aromatic rings. The molecule has 0 unspecified atom stereocenters. The first kappa shape index (κ1) is 33.4. The number of nitrogens with zero attached hydrogens (tertiary/aromatic N) is 2. The highest BCUT2D eigenvalue weighted by atomic mass is 32.2. The first-order valence-corrected chi connectivity index (χ1v) is 18.9. The summed E-state index contributed by atoms with van der Waals surface area (Å²) < 4.78 is 24.1. The number of hydrogen-bond donors (Lipinski definition) is 1. The van der Waals surface area contributed by atoms with Crippen LogP contribution in [0, 0.1) is 17.2 Å².